The van der Waals surface area contributed by atoms with Gasteiger partial charge in [0.25, 0.3) is 0 Å². The summed E-state index contributed by atoms with van der Waals surface area (Å²) in [5.74, 6) is 0.268. The van der Waals surface area contributed by atoms with Gasteiger partial charge in [-0.25, -0.2) is 4.98 Å². The maximum absolute atomic E-state index is 13.4. The van der Waals surface area contributed by atoms with Gasteiger partial charge in [-0.15, -0.1) is 0 Å². The highest BCUT2D eigenvalue weighted by molar-refractivity contribution is 5.93. The second-order valence-corrected chi connectivity index (χ2v) is 8.31. The van der Waals surface area contributed by atoms with Crippen molar-refractivity contribution in [2.75, 3.05) is 0 Å². The van der Waals surface area contributed by atoms with E-state index >= 15 is 0 Å². The molecule has 0 aliphatic heterocycles. The second kappa shape index (κ2) is 8.88. The minimum Gasteiger partial charge on any atom is -0.483 e. The van der Waals surface area contributed by atoms with Crippen LogP contribution in [0, 0.1) is 0 Å². The fraction of sp³-hybridized carbons (Fsp3) is 0.0333. The van der Waals surface area contributed by atoms with Crippen molar-refractivity contribution in [3.8, 4) is 28.1 Å². The van der Waals surface area contributed by atoms with Crippen LogP contribution in [0.5, 0.6) is 5.75 Å². The molecule has 0 bridgehead atoms. The van der Waals surface area contributed by atoms with Gasteiger partial charge in [0.05, 0.1) is 16.6 Å². The third-order valence-corrected chi connectivity index (χ3v) is 6.03. The van der Waals surface area contributed by atoms with Crippen molar-refractivity contribution in [2.24, 2.45) is 0 Å². The van der Waals surface area contributed by atoms with E-state index < -0.39 is 0 Å². The Morgan fingerprint density at radius 3 is 2.43 bits per heavy atom. The number of pyridine rings is 3. The van der Waals surface area contributed by atoms with Crippen LogP contribution >= 0.6 is 0 Å². The highest BCUT2D eigenvalue weighted by Crippen LogP contribution is 2.34. The Hall–Kier alpha value is -4.77. The van der Waals surface area contributed by atoms with Gasteiger partial charge in [-0.2, -0.15) is 0 Å². The molecule has 6 rings (SSSR count). The minimum atomic E-state index is -0.189. The lowest BCUT2D eigenvalue weighted by molar-refractivity contribution is 0.303. The number of nitrogens with one attached hydrogen (secondary N) is 1. The summed E-state index contributed by atoms with van der Waals surface area (Å²) < 4.78 is 5.87. The molecule has 5 heteroatoms. The molecule has 168 valence electrons. The lowest BCUT2D eigenvalue weighted by Crippen LogP contribution is -2.10. The van der Waals surface area contributed by atoms with Crippen molar-refractivity contribution in [3.05, 3.63) is 125 Å². The second-order valence-electron chi connectivity index (χ2n) is 8.31. The summed E-state index contributed by atoms with van der Waals surface area (Å²) in [6, 6.07) is 31.7. The number of nitrogens with zero attached hydrogens (tertiary/aromatic N) is 2. The van der Waals surface area contributed by atoms with E-state index in [1.807, 2.05) is 91.0 Å². The first-order valence-electron chi connectivity index (χ1n) is 11.4. The first-order chi connectivity index (χ1) is 17.3. The number of aromatic amines is 1. The van der Waals surface area contributed by atoms with Crippen LogP contribution in [0.2, 0.25) is 0 Å². The fourth-order valence-electron chi connectivity index (χ4n) is 4.25. The van der Waals surface area contributed by atoms with Crippen molar-refractivity contribution in [1.29, 1.82) is 0 Å². The molecule has 3 aromatic heterocycles. The summed E-state index contributed by atoms with van der Waals surface area (Å²) in [6.45, 7) is 0.315. The first kappa shape index (κ1) is 20.8. The van der Waals surface area contributed by atoms with Crippen molar-refractivity contribution in [1.82, 2.24) is 15.0 Å². The van der Waals surface area contributed by atoms with E-state index in [1.54, 1.807) is 12.4 Å². The third kappa shape index (κ3) is 4.04. The summed E-state index contributed by atoms with van der Waals surface area (Å²) in [6.07, 6.45) is 3.38. The topological polar surface area (TPSA) is 67.9 Å². The number of hydrogen-bond acceptors (Lipinski definition) is 4. The largest absolute Gasteiger partial charge is 0.483 e. The van der Waals surface area contributed by atoms with Gasteiger partial charge in [0.1, 0.15) is 12.3 Å². The van der Waals surface area contributed by atoms with Gasteiger partial charge in [-0.1, -0.05) is 72.8 Å². The average Bonchev–Trinajstić information content (AvgIpc) is 2.93. The van der Waals surface area contributed by atoms with E-state index in [2.05, 4.69) is 16.0 Å². The van der Waals surface area contributed by atoms with Crippen LogP contribution in [0.15, 0.2) is 114 Å². The molecular weight excluding hydrogens is 434 g/mol. The quantitative estimate of drug-likeness (QED) is 0.327. The Kier molecular flexibility index (Phi) is 5.28. The standard InChI is InChI=1S/C30H21N3O2/c34-29-25-17-24(22-13-14-26-23(16-22)12-7-15-31-26)28(21-10-5-2-6-11-21)33-30(25)32-18-27(29)35-19-20-8-3-1-4-9-20/h1-18H,19H2,(H,32,33,34). The van der Waals surface area contributed by atoms with E-state index in [-0.39, 0.29) is 11.2 Å². The van der Waals surface area contributed by atoms with Crippen LogP contribution in [-0.2, 0) is 6.61 Å². The molecule has 0 radical (unpaired) electrons. The summed E-state index contributed by atoms with van der Waals surface area (Å²) >= 11 is 0. The molecule has 3 heterocycles. The van der Waals surface area contributed by atoms with E-state index in [0.717, 1.165) is 38.9 Å². The molecule has 0 unspecified atom stereocenters. The number of hydrogen-bond donors (Lipinski definition) is 1. The van der Waals surface area contributed by atoms with E-state index in [4.69, 9.17) is 9.72 Å². The lowest BCUT2D eigenvalue weighted by atomic mass is 9.97. The molecule has 6 aromatic rings. The Labute approximate surface area is 201 Å². The molecule has 0 spiro atoms. The summed E-state index contributed by atoms with van der Waals surface area (Å²) in [7, 11) is 0. The zero-order valence-corrected chi connectivity index (χ0v) is 18.8. The van der Waals surface area contributed by atoms with Crippen molar-refractivity contribution >= 4 is 21.9 Å². The minimum absolute atomic E-state index is 0.189. The Bertz CT molecular complexity index is 1710. The predicted molar refractivity (Wildman–Crippen MR) is 139 cm³/mol. The zero-order valence-electron chi connectivity index (χ0n) is 18.8. The normalized spacial score (nSPS) is 11.1. The number of benzene rings is 3. The molecule has 3 aromatic carbocycles. The van der Waals surface area contributed by atoms with Crippen LogP contribution in [-0.4, -0.2) is 15.0 Å². The van der Waals surface area contributed by atoms with Crippen LogP contribution < -0.4 is 10.2 Å². The van der Waals surface area contributed by atoms with Crippen LogP contribution in [0.3, 0.4) is 0 Å². The summed E-state index contributed by atoms with van der Waals surface area (Å²) in [5.41, 5.74) is 5.86. The number of fused-ring (bicyclic) bond motifs is 2. The van der Waals surface area contributed by atoms with Gasteiger partial charge >= 0.3 is 0 Å². The molecule has 35 heavy (non-hydrogen) atoms. The molecule has 0 saturated carbocycles. The highest BCUT2D eigenvalue weighted by Gasteiger charge is 2.16. The molecular formula is C30H21N3O2. The van der Waals surface area contributed by atoms with E-state index in [9.17, 15) is 4.79 Å². The molecule has 0 saturated heterocycles. The average molecular weight is 456 g/mol. The molecule has 0 fully saturated rings. The van der Waals surface area contributed by atoms with Crippen LogP contribution in [0.1, 0.15) is 5.56 Å². The highest BCUT2D eigenvalue weighted by atomic mass is 16.5. The third-order valence-electron chi connectivity index (χ3n) is 6.03. The van der Waals surface area contributed by atoms with Gasteiger partial charge in [-0.3, -0.25) is 9.78 Å². The van der Waals surface area contributed by atoms with Gasteiger partial charge in [0.15, 0.2) is 5.75 Å². The predicted octanol–water partition coefficient (Wildman–Crippen LogP) is 6.38. The SMILES string of the molecule is O=c1c(OCc2ccccc2)c[nH]c2nc(-c3ccccc3)c(-c3ccc4ncccc4c3)cc12. The Morgan fingerprint density at radius 2 is 1.60 bits per heavy atom. The van der Waals surface area contributed by atoms with E-state index in [1.165, 1.54) is 0 Å². The number of rotatable bonds is 5. The Morgan fingerprint density at radius 1 is 0.800 bits per heavy atom. The van der Waals surface area contributed by atoms with Gasteiger partial charge in [-0.05, 0) is 35.4 Å². The van der Waals surface area contributed by atoms with Gasteiger partial charge in [0, 0.05) is 28.9 Å². The lowest BCUT2D eigenvalue weighted by Gasteiger charge is -2.13. The van der Waals surface area contributed by atoms with Crippen molar-refractivity contribution < 1.29 is 4.74 Å². The monoisotopic (exact) mass is 455 g/mol. The smallest absolute Gasteiger partial charge is 0.232 e. The summed E-state index contributed by atoms with van der Waals surface area (Å²) in [4.78, 5) is 25.9. The molecule has 0 aliphatic rings. The molecule has 1 N–H and O–H groups in total. The van der Waals surface area contributed by atoms with Crippen molar-refractivity contribution in [2.45, 2.75) is 6.61 Å². The Balaban J connectivity index is 1.51. The fourth-order valence-corrected chi connectivity index (χ4v) is 4.25. The van der Waals surface area contributed by atoms with E-state index in [0.29, 0.717) is 17.6 Å². The van der Waals surface area contributed by atoms with Crippen molar-refractivity contribution in [3.63, 3.8) is 0 Å². The molecule has 0 aliphatic carbocycles. The molecule has 0 amide bonds. The maximum Gasteiger partial charge on any atom is 0.232 e. The summed E-state index contributed by atoms with van der Waals surface area (Å²) in [5, 5.41) is 1.51. The van der Waals surface area contributed by atoms with Gasteiger partial charge in [0.2, 0.25) is 5.43 Å². The maximum atomic E-state index is 13.4. The number of H-pyrrole nitrogens is 1. The first-order valence-corrected chi connectivity index (χ1v) is 11.4. The van der Waals surface area contributed by atoms with Gasteiger partial charge < -0.3 is 9.72 Å². The number of aromatic nitrogens is 3. The van der Waals surface area contributed by atoms with Crippen LogP contribution in [0.4, 0.5) is 0 Å². The number of ether oxygens (including phenoxy) is 1. The zero-order chi connectivity index (χ0) is 23.6. The molecule has 5 nitrogen and oxygen atoms in total. The van der Waals surface area contributed by atoms with Crippen LogP contribution in [0.25, 0.3) is 44.3 Å². The molecule has 0 atom stereocenters.